The van der Waals surface area contributed by atoms with Crippen LogP contribution in [0.5, 0.6) is 0 Å². The molecule has 0 spiro atoms. The number of nitrogens with zero attached hydrogens (tertiary/aromatic N) is 4. The second kappa shape index (κ2) is 5.86. The van der Waals surface area contributed by atoms with E-state index in [1.165, 1.54) is 17.3 Å². The van der Waals surface area contributed by atoms with Crippen LogP contribution in [0.1, 0.15) is 5.56 Å². The summed E-state index contributed by atoms with van der Waals surface area (Å²) in [6.07, 6.45) is 0. The maximum atomic E-state index is 6.02. The summed E-state index contributed by atoms with van der Waals surface area (Å²) in [6, 6.07) is 10.6. The molecular weight excluding hydrogens is 280 g/mol. The highest BCUT2D eigenvalue weighted by atomic mass is 35.5. The van der Waals surface area contributed by atoms with E-state index in [4.69, 9.17) is 11.6 Å². The van der Waals surface area contributed by atoms with Gasteiger partial charge in [0, 0.05) is 32.7 Å². The van der Waals surface area contributed by atoms with Gasteiger partial charge < -0.3 is 4.90 Å². The molecular formula is C13H15ClN4S. The first kappa shape index (κ1) is 12.8. The number of hydrogen-bond acceptors (Lipinski definition) is 5. The fourth-order valence-corrected chi connectivity index (χ4v) is 3.10. The third-order valence-electron chi connectivity index (χ3n) is 3.35. The number of piperazine rings is 1. The number of benzene rings is 1. The van der Waals surface area contributed by atoms with E-state index in [-0.39, 0.29) is 0 Å². The zero-order chi connectivity index (χ0) is 13.1. The van der Waals surface area contributed by atoms with Crippen LogP contribution in [-0.4, -0.2) is 39.8 Å². The van der Waals surface area contributed by atoms with Gasteiger partial charge in [-0.2, -0.15) is 8.75 Å². The fraction of sp³-hybridized carbons (Fsp3) is 0.385. The molecule has 100 valence electrons. The van der Waals surface area contributed by atoms with Crippen LogP contribution >= 0.6 is 23.3 Å². The molecule has 19 heavy (non-hydrogen) atoms. The summed E-state index contributed by atoms with van der Waals surface area (Å²) in [5, 5.41) is 0.529. The summed E-state index contributed by atoms with van der Waals surface area (Å²) in [5.41, 5.74) is 1.37. The summed E-state index contributed by atoms with van der Waals surface area (Å²) in [6.45, 7) is 4.99. The van der Waals surface area contributed by atoms with Crippen LogP contribution in [0.3, 0.4) is 0 Å². The number of rotatable bonds is 3. The Kier molecular flexibility index (Phi) is 3.96. The van der Waals surface area contributed by atoms with E-state index in [1.54, 1.807) is 0 Å². The van der Waals surface area contributed by atoms with Crippen molar-refractivity contribution in [3.63, 3.8) is 0 Å². The van der Waals surface area contributed by atoms with Gasteiger partial charge in [0.1, 0.15) is 0 Å². The summed E-state index contributed by atoms with van der Waals surface area (Å²) < 4.78 is 8.27. The smallest absolute Gasteiger partial charge is 0.187 e. The molecule has 2 heterocycles. The van der Waals surface area contributed by atoms with Crippen molar-refractivity contribution in [2.75, 3.05) is 31.1 Å². The van der Waals surface area contributed by atoms with Crippen molar-refractivity contribution in [3.8, 4) is 0 Å². The topological polar surface area (TPSA) is 32.3 Å². The van der Waals surface area contributed by atoms with Crippen molar-refractivity contribution in [1.29, 1.82) is 0 Å². The van der Waals surface area contributed by atoms with Crippen LogP contribution in [0.25, 0.3) is 0 Å². The minimum atomic E-state index is 0.529. The lowest BCUT2D eigenvalue weighted by Crippen LogP contribution is -2.46. The molecule has 0 amide bonds. The summed E-state index contributed by atoms with van der Waals surface area (Å²) >= 11 is 7.20. The Hall–Kier alpha value is -1.17. The van der Waals surface area contributed by atoms with Crippen LogP contribution < -0.4 is 4.90 Å². The van der Waals surface area contributed by atoms with Crippen LogP contribution in [0.2, 0.25) is 5.15 Å². The molecule has 3 rings (SSSR count). The molecule has 2 aromatic rings. The Morgan fingerprint density at radius 1 is 1.05 bits per heavy atom. The summed E-state index contributed by atoms with van der Waals surface area (Å²) in [5.74, 6) is 0.839. The number of hydrogen-bond donors (Lipinski definition) is 0. The quantitative estimate of drug-likeness (QED) is 0.871. The van der Waals surface area contributed by atoms with Crippen LogP contribution in [0.15, 0.2) is 30.3 Å². The molecule has 0 radical (unpaired) electrons. The van der Waals surface area contributed by atoms with Gasteiger partial charge in [0.2, 0.25) is 0 Å². The molecule has 4 nitrogen and oxygen atoms in total. The standard InChI is InChI=1S/C13H15ClN4S/c14-12-13(16-19-15-12)18-8-6-17(7-9-18)10-11-4-2-1-3-5-11/h1-5H,6-10H2. The molecule has 1 aromatic heterocycles. The summed E-state index contributed by atoms with van der Waals surface area (Å²) in [7, 11) is 0. The second-order valence-electron chi connectivity index (χ2n) is 4.63. The third kappa shape index (κ3) is 3.05. The highest BCUT2D eigenvalue weighted by Gasteiger charge is 2.21. The van der Waals surface area contributed by atoms with Crippen LogP contribution in [-0.2, 0) is 6.54 Å². The summed E-state index contributed by atoms with van der Waals surface area (Å²) in [4.78, 5) is 4.67. The molecule has 1 saturated heterocycles. The molecule has 0 atom stereocenters. The highest BCUT2D eigenvalue weighted by molar-refractivity contribution is 6.99. The molecule has 0 aliphatic carbocycles. The lowest BCUT2D eigenvalue weighted by molar-refractivity contribution is 0.249. The molecule has 0 saturated carbocycles. The first-order valence-corrected chi connectivity index (χ1v) is 7.43. The Morgan fingerprint density at radius 2 is 1.79 bits per heavy atom. The Labute approximate surface area is 121 Å². The molecule has 0 N–H and O–H groups in total. The van der Waals surface area contributed by atoms with Gasteiger partial charge in [-0.25, -0.2) is 0 Å². The van der Waals surface area contributed by atoms with Crippen molar-refractivity contribution in [2.45, 2.75) is 6.54 Å². The molecule has 0 bridgehead atoms. The van der Waals surface area contributed by atoms with Crippen LogP contribution in [0.4, 0.5) is 5.82 Å². The van der Waals surface area contributed by atoms with E-state index in [0.29, 0.717) is 5.15 Å². The zero-order valence-electron chi connectivity index (χ0n) is 10.5. The predicted octanol–water partition coefficient (Wildman–Crippen LogP) is 2.51. The number of anilines is 1. The van der Waals surface area contributed by atoms with Gasteiger partial charge in [-0.3, -0.25) is 4.90 Å². The molecule has 6 heteroatoms. The Morgan fingerprint density at radius 3 is 2.42 bits per heavy atom. The lowest BCUT2D eigenvalue weighted by Gasteiger charge is -2.34. The van der Waals surface area contributed by atoms with Gasteiger partial charge in [0.05, 0.1) is 11.7 Å². The molecule has 0 unspecified atom stereocenters. The van der Waals surface area contributed by atoms with Gasteiger partial charge in [-0.1, -0.05) is 41.9 Å². The van der Waals surface area contributed by atoms with Crippen molar-refractivity contribution in [3.05, 3.63) is 41.0 Å². The highest BCUT2D eigenvalue weighted by Crippen LogP contribution is 2.24. The average Bonchev–Trinajstić information content (AvgIpc) is 2.87. The van der Waals surface area contributed by atoms with Crippen molar-refractivity contribution in [1.82, 2.24) is 13.6 Å². The minimum Gasteiger partial charge on any atom is -0.351 e. The largest absolute Gasteiger partial charge is 0.351 e. The SMILES string of the molecule is Clc1nsnc1N1CCN(Cc2ccccc2)CC1. The normalized spacial score (nSPS) is 16.8. The van der Waals surface area contributed by atoms with Gasteiger partial charge in [-0.05, 0) is 5.56 Å². The monoisotopic (exact) mass is 294 g/mol. The van der Waals surface area contributed by atoms with E-state index in [1.807, 2.05) is 0 Å². The maximum Gasteiger partial charge on any atom is 0.187 e. The first-order chi connectivity index (χ1) is 9.33. The van der Waals surface area contributed by atoms with Gasteiger partial charge in [-0.15, -0.1) is 0 Å². The average molecular weight is 295 g/mol. The fourth-order valence-electron chi connectivity index (χ4n) is 2.32. The molecule has 1 aliphatic heterocycles. The van der Waals surface area contributed by atoms with Crippen LogP contribution in [0, 0.1) is 0 Å². The first-order valence-electron chi connectivity index (χ1n) is 6.32. The third-order valence-corrected chi connectivity index (χ3v) is 4.23. The van der Waals surface area contributed by atoms with E-state index in [2.05, 4.69) is 48.9 Å². The van der Waals surface area contributed by atoms with Crippen molar-refractivity contribution >= 4 is 29.1 Å². The predicted molar refractivity (Wildman–Crippen MR) is 78.9 cm³/mol. The zero-order valence-corrected chi connectivity index (χ0v) is 12.1. The van der Waals surface area contributed by atoms with E-state index in [9.17, 15) is 0 Å². The molecule has 1 aromatic carbocycles. The van der Waals surface area contributed by atoms with Gasteiger partial charge in [0.25, 0.3) is 0 Å². The molecule has 1 aliphatic rings. The number of aromatic nitrogens is 2. The molecule has 1 fully saturated rings. The lowest BCUT2D eigenvalue weighted by atomic mass is 10.2. The van der Waals surface area contributed by atoms with Gasteiger partial charge >= 0.3 is 0 Å². The van der Waals surface area contributed by atoms with E-state index < -0.39 is 0 Å². The second-order valence-corrected chi connectivity index (χ2v) is 5.51. The Bertz CT molecular complexity index is 522. The van der Waals surface area contributed by atoms with Crippen molar-refractivity contribution < 1.29 is 0 Å². The van der Waals surface area contributed by atoms with Gasteiger partial charge in [0.15, 0.2) is 11.0 Å². The van der Waals surface area contributed by atoms with Crippen molar-refractivity contribution in [2.24, 2.45) is 0 Å². The van der Waals surface area contributed by atoms with E-state index in [0.717, 1.165) is 38.5 Å². The maximum absolute atomic E-state index is 6.02. The van der Waals surface area contributed by atoms with E-state index >= 15 is 0 Å². The Balaban J connectivity index is 1.57. The minimum absolute atomic E-state index is 0.529. The number of halogens is 1.